The van der Waals surface area contributed by atoms with Crippen LogP contribution < -0.4 is 10.5 Å². The molecular formula is C15H14BrNOS. The van der Waals surface area contributed by atoms with Crippen molar-refractivity contribution in [3.63, 3.8) is 0 Å². The van der Waals surface area contributed by atoms with Crippen LogP contribution >= 0.6 is 27.7 Å². The van der Waals surface area contributed by atoms with E-state index >= 15 is 0 Å². The number of nitrogens with two attached hydrogens (primary N) is 1. The smallest absolute Gasteiger partial charge is 0.122 e. The van der Waals surface area contributed by atoms with E-state index in [1.807, 2.05) is 30.0 Å². The Bertz CT molecular complexity index is 557. The molecule has 0 saturated carbocycles. The lowest BCUT2D eigenvalue weighted by Gasteiger charge is -2.11. The largest absolute Gasteiger partial charge is 0.492 e. The predicted molar refractivity (Wildman–Crippen MR) is 83.8 cm³/mol. The highest BCUT2D eigenvalue weighted by Crippen LogP contribution is 2.37. The number of halogens is 1. The van der Waals surface area contributed by atoms with Gasteiger partial charge in [-0.1, -0.05) is 34.1 Å². The number of thioether (sulfide) groups is 1. The van der Waals surface area contributed by atoms with Crippen molar-refractivity contribution in [3.05, 3.63) is 52.5 Å². The third kappa shape index (κ3) is 3.07. The molecule has 0 spiro atoms. The van der Waals surface area contributed by atoms with E-state index in [1.54, 1.807) is 0 Å². The van der Waals surface area contributed by atoms with Gasteiger partial charge in [0.15, 0.2) is 0 Å². The molecule has 0 radical (unpaired) electrons. The van der Waals surface area contributed by atoms with Gasteiger partial charge in [-0.3, -0.25) is 0 Å². The van der Waals surface area contributed by atoms with Gasteiger partial charge in [-0.15, -0.1) is 11.8 Å². The first-order chi connectivity index (χ1) is 9.20. The fraction of sp³-hybridized carbons (Fsp3) is 0.200. The van der Waals surface area contributed by atoms with Crippen LogP contribution in [0, 0.1) is 0 Å². The molecule has 98 valence electrons. The average Bonchev–Trinajstić information content (AvgIpc) is 2.78. The standard InChI is InChI=1S/C15H14BrNOS/c16-11-6-12(17)8-13(7-11)18-9-14-5-10-3-1-2-4-15(10)19-14/h1-4,6-8,14H,5,9,17H2. The molecule has 1 aliphatic heterocycles. The van der Waals surface area contributed by atoms with Crippen LogP contribution in [0.2, 0.25) is 0 Å². The minimum atomic E-state index is 0.484. The molecule has 2 N–H and O–H groups in total. The van der Waals surface area contributed by atoms with Crippen molar-refractivity contribution < 1.29 is 4.74 Å². The Morgan fingerprint density at radius 1 is 1.26 bits per heavy atom. The Morgan fingerprint density at radius 2 is 2.11 bits per heavy atom. The molecule has 0 aromatic heterocycles. The molecule has 1 heterocycles. The summed E-state index contributed by atoms with van der Waals surface area (Å²) in [5.41, 5.74) is 7.94. The maximum absolute atomic E-state index is 5.85. The zero-order chi connectivity index (χ0) is 13.2. The summed E-state index contributed by atoms with van der Waals surface area (Å²) in [4.78, 5) is 1.38. The second-order valence-electron chi connectivity index (χ2n) is 4.58. The lowest BCUT2D eigenvalue weighted by Crippen LogP contribution is -2.13. The van der Waals surface area contributed by atoms with Gasteiger partial charge >= 0.3 is 0 Å². The quantitative estimate of drug-likeness (QED) is 0.856. The van der Waals surface area contributed by atoms with Crippen molar-refractivity contribution in [2.75, 3.05) is 12.3 Å². The van der Waals surface area contributed by atoms with Crippen LogP contribution in [0.3, 0.4) is 0 Å². The summed E-state index contributed by atoms with van der Waals surface area (Å²) in [5, 5.41) is 0.484. The highest BCUT2D eigenvalue weighted by Gasteiger charge is 2.22. The van der Waals surface area contributed by atoms with Gasteiger partial charge in [-0.2, -0.15) is 0 Å². The van der Waals surface area contributed by atoms with E-state index in [0.29, 0.717) is 17.5 Å². The van der Waals surface area contributed by atoms with Crippen molar-refractivity contribution in [1.82, 2.24) is 0 Å². The number of fused-ring (bicyclic) bond motifs is 1. The molecule has 2 aromatic rings. The third-order valence-electron chi connectivity index (χ3n) is 3.04. The van der Waals surface area contributed by atoms with Crippen LogP contribution in [0.25, 0.3) is 0 Å². The van der Waals surface area contributed by atoms with Gasteiger partial charge in [-0.05, 0) is 30.2 Å². The van der Waals surface area contributed by atoms with E-state index in [-0.39, 0.29) is 0 Å². The fourth-order valence-corrected chi connectivity index (χ4v) is 3.91. The predicted octanol–water partition coefficient (Wildman–Crippen LogP) is 4.13. The molecule has 3 rings (SSSR count). The summed E-state index contributed by atoms with van der Waals surface area (Å²) in [7, 11) is 0. The van der Waals surface area contributed by atoms with Crippen molar-refractivity contribution >= 4 is 33.4 Å². The van der Waals surface area contributed by atoms with Gasteiger partial charge in [-0.25, -0.2) is 0 Å². The van der Waals surface area contributed by atoms with Crippen LogP contribution in [-0.4, -0.2) is 11.9 Å². The number of ether oxygens (including phenoxy) is 1. The van der Waals surface area contributed by atoms with Gasteiger partial charge in [0.25, 0.3) is 0 Å². The zero-order valence-electron chi connectivity index (χ0n) is 10.3. The zero-order valence-corrected chi connectivity index (χ0v) is 12.7. The number of nitrogen functional groups attached to an aromatic ring is 1. The molecule has 1 atom stereocenters. The Balaban J connectivity index is 1.62. The first kappa shape index (κ1) is 12.9. The molecule has 4 heteroatoms. The van der Waals surface area contributed by atoms with Gasteiger partial charge in [0.05, 0.1) is 0 Å². The summed E-state index contributed by atoms with van der Waals surface area (Å²) in [6.45, 7) is 0.704. The highest BCUT2D eigenvalue weighted by molar-refractivity contribution is 9.10. The van der Waals surface area contributed by atoms with E-state index in [1.165, 1.54) is 10.5 Å². The topological polar surface area (TPSA) is 35.2 Å². The van der Waals surface area contributed by atoms with Gasteiger partial charge in [0.1, 0.15) is 12.4 Å². The summed E-state index contributed by atoms with van der Waals surface area (Å²) < 4.78 is 6.80. The summed E-state index contributed by atoms with van der Waals surface area (Å²) in [5.74, 6) is 0.823. The number of benzene rings is 2. The van der Waals surface area contributed by atoms with Crippen LogP contribution in [0.1, 0.15) is 5.56 Å². The van der Waals surface area contributed by atoms with E-state index < -0.39 is 0 Å². The molecule has 0 fully saturated rings. The Morgan fingerprint density at radius 3 is 2.89 bits per heavy atom. The lowest BCUT2D eigenvalue weighted by molar-refractivity contribution is 0.317. The van der Waals surface area contributed by atoms with Crippen molar-refractivity contribution in [1.29, 1.82) is 0 Å². The summed E-state index contributed by atoms with van der Waals surface area (Å²) in [6.07, 6.45) is 1.07. The molecule has 0 saturated heterocycles. The van der Waals surface area contributed by atoms with E-state index in [2.05, 4.69) is 40.2 Å². The molecule has 1 unspecified atom stereocenters. The Kier molecular flexibility index (Phi) is 3.71. The Labute approximate surface area is 125 Å². The number of anilines is 1. The van der Waals surface area contributed by atoms with Crippen LogP contribution in [0.4, 0.5) is 5.69 Å². The molecule has 19 heavy (non-hydrogen) atoms. The maximum atomic E-state index is 5.85. The lowest BCUT2D eigenvalue weighted by atomic mass is 10.1. The number of hydrogen-bond donors (Lipinski definition) is 1. The molecule has 0 aliphatic carbocycles. The number of rotatable bonds is 3. The van der Waals surface area contributed by atoms with Gasteiger partial charge in [0.2, 0.25) is 0 Å². The first-order valence-electron chi connectivity index (χ1n) is 6.14. The monoisotopic (exact) mass is 335 g/mol. The molecule has 2 aromatic carbocycles. The van der Waals surface area contributed by atoms with Crippen LogP contribution in [-0.2, 0) is 6.42 Å². The second kappa shape index (κ2) is 5.47. The third-order valence-corrected chi connectivity index (χ3v) is 4.79. The van der Waals surface area contributed by atoms with Gasteiger partial charge < -0.3 is 10.5 Å². The Hall–Kier alpha value is -1.13. The van der Waals surface area contributed by atoms with Crippen molar-refractivity contribution in [2.45, 2.75) is 16.6 Å². The van der Waals surface area contributed by atoms with Crippen LogP contribution in [0.15, 0.2) is 51.8 Å². The molecule has 1 aliphatic rings. The SMILES string of the molecule is Nc1cc(Br)cc(OCC2Cc3ccccc3S2)c1. The van der Waals surface area contributed by atoms with E-state index in [0.717, 1.165) is 16.6 Å². The maximum Gasteiger partial charge on any atom is 0.122 e. The number of hydrogen-bond acceptors (Lipinski definition) is 3. The average molecular weight is 336 g/mol. The summed E-state index contributed by atoms with van der Waals surface area (Å²) in [6, 6.07) is 14.2. The minimum absolute atomic E-state index is 0.484. The molecule has 0 amide bonds. The van der Waals surface area contributed by atoms with Crippen LogP contribution in [0.5, 0.6) is 5.75 Å². The normalized spacial score (nSPS) is 17.2. The van der Waals surface area contributed by atoms with E-state index in [4.69, 9.17) is 10.5 Å². The first-order valence-corrected chi connectivity index (χ1v) is 7.81. The van der Waals surface area contributed by atoms with Crippen molar-refractivity contribution in [2.24, 2.45) is 0 Å². The van der Waals surface area contributed by atoms with Gasteiger partial charge in [0, 0.05) is 26.4 Å². The van der Waals surface area contributed by atoms with Crippen molar-refractivity contribution in [3.8, 4) is 5.75 Å². The minimum Gasteiger partial charge on any atom is -0.492 e. The van der Waals surface area contributed by atoms with E-state index in [9.17, 15) is 0 Å². The summed E-state index contributed by atoms with van der Waals surface area (Å²) >= 11 is 5.32. The molecule has 2 nitrogen and oxygen atoms in total. The fourth-order valence-electron chi connectivity index (χ4n) is 2.20. The highest BCUT2D eigenvalue weighted by atomic mass is 79.9. The second-order valence-corrected chi connectivity index (χ2v) is 6.84. The molecule has 0 bridgehead atoms. The molecular weight excluding hydrogens is 322 g/mol.